The molecule has 1 saturated heterocycles. The maximum Gasteiger partial charge on any atom is 0.253 e. The van der Waals surface area contributed by atoms with Crippen molar-refractivity contribution < 1.29 is 14.4 Å². The second-order valence-electron chi connectivity index (χ2n) is 6.62. The van der Waals surface area contributed by atoms with E-state index in [0.717, 1.165) is 5.56 Å². The second kappa shape index (κ2) is 7.80. The van der Waals surface area contributed by atoms with E-state index in [2.05, 4.69) is 5.32 Å². The van der Waals surface area contributed by atoms with Crippen molar-refractivity contribution in [2.24, 2.45) is 0 Å². The number of hydrogen-bond donors (Lipinski definition) is 1. The molecule has 2 aromatic rings. The Balaban J connectivity index is 1.66. The van der Waals surface area contributed by atoms with Crippen LogP contribution in [0.1, 0.15) is 22.3 Å². The monoisotopic (exact) mass is 385 g/mol. The molecule has 1 N–H and O–H groups in total. The highest BCUT2D eigenvalue weighted by molar-refractivity contribution is 6.30. The Morgan fingerprint density at radius 1 is 1.11 bits per heavy atom. The van der Waals surface area contributed by atoms with Gasteiger partial charge < -0.3 is 10.2 Å². The molecule has 27 heavy (non-hydrogen) atoms. The number of rotatable bonds is 5. The number of carbonyl (C=O) groups is 3. The van der Waals surface area contributed by atoms with Gasteiger partial charge in [-0.1, -0.05) is 23.7 Å². The zero-order valence-corrected chi connectivity index (χ0v) is 15.9. The quantitative estimate of drug-likeness (QED) is 0.803. The molecule has 0 bridgehead atoms. The van der Waals surface area contributed by atoms with Crippen LogP contribution in [0.2, 0.25) is 5.02 Å². The summed E-state index contributed by atoms with van der Waals surface area (Å²) in [7, 11) is 3.37. The minimum absolute atomic E-state index is 0.0946. The molecule has 0 aromatic heterocycles. The predicted molar refractivity (Wildman–Crippen MR) is 103 cm³/mol. The molecule has 2 aromatic carbocycles. The fraction of sp³-hybridized carbons (Fsp3) is 0.250. The van der Waals surface area contributed by atoms with Crippen molar-refractivity contribution in [2.75, 3.05) is 19.4 Å². The molecule has 0 aliphatic carbocycles. The van der Waals surface area contributed by atoms with Crippen LogP contribution in [0.4, 0.5) is 5.69 Å². The Bertz CT molecular complexity index is 863. The van der Waals surface area contributed by atoms with Crippen LogP contribution in [0.5, 0.6) is 0 Å². The molecule has 1 aliphatic rings. The Morgan fingerprint density at radius 2 is 1.74 bits per heavy atom. The number of halogens is 1. The molecule has 0 spiro atoms. The third kappa shape index (κ3) is 4.28. The van der Waals surface area contributed by atoms with Crippen LogP contribution in [0.25, 0.3) is 0 Å². The number of nitrogens with one attached hydrogen (secondary N) is 1. The van der Waals surface area contributed by atoms with Crippen LogP contribution in [0.15, 0.2) is 48.5 Å². The average molecular weight is 386 g/mol. The first kappa shape index (κ1) is 18.9. The topological polar surface area (TPSA) is 69.7 Å². The van der Waals surface area contributed by atoms with E-state index in [-0.39, 0.29) is 30.7 Å². The van der Waals surface area contributed by atoms with E-state index in [1.54, 1.807) is 62.6 Å². The van der Waals surface area contributed by atoms with Crippen molar-refractivity contribution in [3.63, 3.8) is 0 Å². The number of hydrogen-bond acceptors (Lipinski definition) is 4. The van der Waals surface area contributed by atoms with Gasteiger partial charge in [0.1, 0.15) is 6.04 Å². The Morgan fingerprint density at radius 3 is 2.33 bits per heavy atom. The van der Waals surface area contributed by atoms with Crippen LogP contribution in [-0.2, 0) is 16.1 Å². The second-order valence-corrected chi connectivity index (χ2v) is 7.06. The van der Waals surface area contributed by atoms with Gasteiger partial charge in [0, 0.05) is 30.4 Å². The van der Waals surface area contributed by atoms with Crippen molar-refractivity contribution >= 4 is 35.0 Å². The zero-order valence-electron chi connectivity index (χ0n) is 15.1. The van der Waals surface area contributed by atoms with Gasteiger partial charge in [-0.25, -0.2) is 0 Å². The lowest BCUT2D eigenvalue weighted by molar-refractivity contribution is -0.139. The van der Waals surface area contributed by atoms with Gasteiger partial charge in [-0.05, 0) is 42.0 Å². The van der Waals surface area contributed by atoms with Crippen molar-refractivity contribution in [3.8, 4) is 0 Å². The number of likely N-dealkylation sites (tertiary alicyclic amines) is 1. The molecule has 7 heteroatoms. The summed E-state index contributed by atoms with van der Waals surface area (Å²) >= 11 is 5.87. The van der Waals surface area contributed by atoms with Crippen LogP contribution in [0.3, 0.4) is 0 Å². The maximum absolute atomic E-state index is 12.6. The molecule has 1 heterocycles. The lowest BCUT2D eigenvalue weighted by Gasteiger charge is -2.16. The minimum Gasteiger partial charge on any atom is -0.373 e. The number of carbonyl (C=O) groups excluding carboxylic acids is 3. The highest BCUT2D eigenvalue weighted by Gasteiger charge is 2.38. The summed E-state index contributed by atoms with van der Waals surface area (Å²) in [6, 6.07) is 13.3. The summed E-state index contributed by atoms with van der Waals surface area (Å²) in [5, 5.41) is 3.69. The SMILES string of the molecule is CN(C)C(=O)c1ccc(N[C@@H]2CC(=O)N(Cc3ccc(Cl)cc3)C2=O)cc1. The van der Waals surface area contributed by atoms with Crippen LogP contribution in [0, 0.1) is 0 Å². The van der Waals surface area contributed by atoms with Crippen molar-refractivity contribution in [1.82, 2.24) is 9.80 Å². The first-order valence-electron chi connectivity index (χ1n) is 8.52. The largest absolute Gasteiger partial charge is 0.373 e. The highest BCUT2D eigenvalue weighted by Crippen LogP contribution is 2.22. The Hall–Kier alpha value is -2.86. The van der Waals surface area contributed by atoms with E-state index >= 15 is 0 Å². The average Bonchev–Trinajstić information content (AvgIpc) is 2.91. The maximum atomic E-state index is 12.6. The number of benzene rings is 2. The van der Waals surface area contributed by atoms with Gasteiger partial charge in [-0.3, -0.25) is 19.3 Å². The molecule has 1 aliphatic heterocycles. The number of anilines is 1. The summed E-state index contributed by atoms with van der Waals surface area (Å²) in [6.45, 7) is 0.225. The van der Waals surface area contributed by atoms with Crippen molar-refractivity contribution in [2.45, 2.75) is 19.0 Å². The molecule has 0 saturated carbocycles. The smallest absolute Gasteiger partial charge is 0.253 e. The van der Waals surface area contributed by atoms with E-state index in [9.17, 15) is 14.4 Å². The fourth-order valence-electron chi connectivity index (χ4n) is 2.90. The fourth-order valence-corrected chi connectivity index (χ4v) is 3.03. The van der Waals surface area contributed by atoms with Gasteiger partial charge in [-0.2, -0.15) is 0 Å². The van der Waals surface area contributed by atoms with E-state index in [1.165, 1.54) is 9.80 Å². The summed E-state index contributed by atoms with van der Waals surface area (Å²) in [5.74, 6) is -0.571. The van der Waals surface area contributed by atoms with Crippen LogP contribution < -0.4 is 5.32 Å². The molecular formula is C20H20ClN3O3. The van der Waals surface area contributed by atoms with Crippen LogP contribution >= 0.6 is 11.6 Å². The van der Waals surface area contributed by atoms with Gasteiger partial charge >= 0.3 is 0 Å². The molecule has 0 unspecified atom stereocenters. The zero-order chi connectivity index (χ0) is 19.6. The van der Waals surface area contributed by atoms with E-state index in [0.29, 0.717) is 16.3 Å². The third-order valence-corrected chi connectivity index (χ3v) is 4.63. The summed E-state index contributed by atoms with van der Waals surface area (Å²) in [5.41, 5.74) is 2.09. The third-order valence-electron chi connectivity index (χ3n) is 4.38. The number of imide groups is 1. The molecular weight excluding hydrogens is 366 g/mol. The van der Waals surface area contributed by atoms with E-state index in [4.69, 9.17) is 11.6 Å². The summed E-state index contributed by atoms with van der Waals surface area (Å²) in [4.78, 5) is 39.6. The van der Waals surface area contributed by atoms with E-state index < -0.39 is 6.04 Å². The number of amides is 3. The highest BCUT2D eigenvalue weighted by atomic mass is 35.5. The molecule has 6 nitrogen and oxygen atoms in total. The number of nitrogens with zero attached hydrogens (tertiary/aromatic N) is 2. The molecule has 3 rings (SSSR count). The first-order chi connectivity index (χ1) is 12.8. The van der Waals surface area contributed by atoms with Gasteiger partial charge in [0.2, 0.25) is 5.91 Å². The van der Waals surface area contributed by atoms with Gasteiger partial charge in [-0.15, -0.1) is 0 Å². The lowest BCUT2D eigenvalue weighted by atomic mass is 10.1. The van der Waals surface area contributed by atoms with Crippen LogP contribution in [-0.4, -0.2) is 47.7 Å². The summed E-state index contributed by atoms with van der Waals surface area (Å²) < 4.78 is 0. The Kier molecular flexibility index (Phi) is 5.46. The van der Waals surface area contributed by atoms with Crippen molar-refractivity contribution in [1.29, 1.82) is 0 Å². The molecule has 140 valence electrons. The predicted octanol–water partition coefficient (Wildman–Crippen LogP) is 2.78. The Labute approximate surface area is 162 Å². The van der Waals surface area contributed by atoms with Gasteiger partial charge in [0.15, 0.2) is 0 Å². The normalized spacial score (nSPS) is 16.6. The molecule has 1 atom stereocenters. The molecule has 3 amide bonds. The minimum atomic E-state index is -0.611. The standard InChI is InChI=1S/C20H20ClN3O3/c1-23(2)19(26)14-5-9-16(10-6-14)22-17-11-18(25)24(20(17)27)12-13-3-7-15(21)8-4-13/h3-10,17,22H,11-12H2,1-2H3/t17-/m1/s1. The van der Waals surface area contributed by atoms with Gasteiger partial charge in [0.25, 0.3) is 11.8 Å². The van der Waals surface area contributed by atoms with E-state index in [1.807, 2.05) is 0 Å². The first-order valence-corrected chi connectivity index (χ1v) is 8.90. The van der Waals surface area contributed by atoms with Crippen molar-refractivity contribution in [3.05, 3.63) is 64.7 Å². The summed E-state index contributed by atoms with van der Waals surface area (Å²) in [6.07, 6.45) is 0.102. The molecule has 1 fully saturated rings. The van der Waals surface area contributed by atoms with Gasteiger partial charge in [0.05, 0.1) is 13.0 Å². The lowest BCUT2D eigenvalue weighted by Crippen LogP contribution is -2.34. The molecule has 0 radical (unpaired) electrons.